The van der Waals surface area contributed by atoms with E-state index in [0.717, 1.165) is 12.0 Å². The zero-order valence-electron chi connectivity index (χ0n) is 16.0. The lowest BCUT2D eigenvalue weighted by Gasteiger charge is -2.25. The van der Waals surface area contributed by atoms with Gasteiger partial charge in [-0.05, 0) is 39.3 Å². The monoisotopic (exact) mass is 381 g/mol. The second-order valence-corrected chi connectivity index (χ2v) is 6.65. The lowest BCUT2D eigenvalue weighted by molar-refractivity contribution is 0.261. The Hall–Kier alpha value is -1.78. The van der Waals surface area contributed by atoms with E-state index in [1.165, 1.54) is 6.07 Å². The summed E-state index contributed by atoms with van der Waals surface area (Å²) in [6.45, 7) is 9.80. The molecule has 2 aromatic rings. The van der Waals surface area contributed by atoms with Crippen LogP contribution in [0.4, 0.5) is 4.39 Å². The molecule has 0 aliphatic carbocycles. The molecule has 0 spiro atoms. The molecular weight excluding hydrogens is 353 g/mol. The summed E-state index contributed by atoms with van der Waals surface area (Å²) in [6, 6.07) is 12.5. The quantitative estimate of drug-likeness (QED) is 0.621. The Bertz CT molecular complexity index is 691. The SMILES string of the molecule is CCOc1cccc(CNC(C)(C)CC)c1OCc1ccccc1F.Cl. The number of ether oxygens (including phenoxy) is 2. The number of benzene rings is 2. The highest BCUT2D eigenvalue weighted by Crippen LogP contribution is 2.32. The van der Waals surface area contributed by atoms with E-state index in [2.05, 4.69) is 26.1 Å². The molecule has 0 radical (unpaired) electrons. The van der Waals surface area contributed by atoms with Crippen molar-refractivity contribution in [2.45, 2.75) is 52.8 Å². The normalized spacial score (nSPS) is 11.0. The van der Waals surface area contributed by atoms with Crippen LogP contribution in [0.3, 0.4) is 0 Å². The molecule has 0 aliphatic heterocycles. The summed E-state index contributed by atoms with van der Waals surface area (Å²) in [4.78, 5) is 0. The van der Waals surface area contributed by atoms with Gasteiger partial charge in [0, 0.05) is 23.2 Å². The number of nitrogens with one attached hydrogen (secondary N) is 1. The van der Waals surface area contributed by atoms with Crippen LogP contribution in [0.15, 0.2) is 42.5 Å². The minimum absolute atomic E-state index is 0. The molecule has 0 saturated heterocycles. The molecule has 0 fully saturated rings. The van der Waals surface area contributed by atoms with E-state index < -0.39 is 0 Å². The van der Waals surface area contributed by atoms with Crippen LogP contribution in [-0.2, 0) is 13.2 Å². The fourth-order valence-corrected chi connectivity index (χ4v) is 2.36. The Morgan fingerprint density at radius 3 is 2.31 bits per heavy atom. The van der Waals surface area contributed by atoms with Gasteiger partial charge in [-0.25, -0.2) is 4.39 Å². The van der Waals surface area contributed by atoms with Crippen molar-refractivity contribution in [2.75, 3.05) is 6.61 Å². The summed E-state index contributed by atoms with van der Waals surface area (Å²) in [7, 11) is 0. The Kier molecular flexibility index (Phi) is 8.89. The lowest BCUT2D eigenvalue weighted by Crippen LogP contribution is -2.37. The van der Waals surface area contributed by atoms with E-state index in [9.17, 15) is 4.39 Å². The molecule has 2 rings (SSSR count). The van der Waals surface area contributed by atoms with E-state index in [-0.39, 0.29) is 30.4 Å². The molecule has 0 atom stereocenters. The van der Waals surface area contributed by atoms with Crippen LogP contribution in [0.5, 0.6) is 11.5 Å². The number of halogens is 2. The first kappa shape index (κ1) is 22.3. The number of para-hydroxylation sites is 1. The van der Waals surface area contributed by atoms with Crippen LogP contribution in [-0.4, -0.2) is 12.1 Å². The van der Waals surface area contributed by atoms with Gasteiger partial charge in [0.2, 0.25) is 0 Å². The summed E-state index contributed by atoms with van der Waals surface area (Å²) >= 11 is 0. The topological polar surface area (TPSA) is 30.5 Å². The van der Waals surface area contributed by atoms with Crippen molar-refractivity contribution in [3.05, 3.63) is 59.4 Å². The van der Waals surface area contributed by atoms with Gasteiger partial charge < -0.3 is 14.8 Å². The smallest absolute Gasteiger partial charge is 0.166 e. The van der Waals surface area contributed by atoms with Crippen LogP contribution >= 0.6 is 12.4 Å². The largest absolute Gasteiger partial charge is 0.490 e. The van der Waals surface area contributed by atoms with E-state index >= 15 is 0 Å². The minimum atomic E-state index is -0.261. The van der Waals surface area contributed by atoms with Gasteiger partial charge in [-0.2, -0.15) is 0 Å². The molecule has 0 aromatic heterocycles. The first-order valence-corrected chi connectivity index (χ1v) is 8.82. The summed E-state index contributed by atoms with van der Waals surface area (Å²) in [6.07, 6.45) is 1.02. The van der Waals surface area contributed by atoms with Crippen molar-refractivity contribution in [1.29, 1.82) is 0 Å². The predicted octanol–water partition coefficient (Wildman–Crippen LogP) is 5.50. The Labute approximate surface area is 162 Å². The molecule has 1 N–H and O–H groups in total. The van der Waals surface area contributed by atoms with Crippen LogP contribution in [0.2, 0.25) is 0 Å². The molecule has 2 aromatic carbocycles. The van der Waals surface area contributed by atoms with E-state index in [4.69, 9.17) is 9.47 Å². The zero-order chi connectivity index (χ0) is 18.3. The number of rotatable bonds is 9. The van der Waals surface area contributed by atoms with Crippen LogP contribution in [0.25, 0.3) is 0 Å². The number of hydrogen-bond donors (Lipinski definition) is 1. The average molecular weight is 382 g/mol. The van der Waals surface area contributed by atoms with Crippen molar-refractivity contribution in [1.82, 2.24) is 5.32 Å². The van der Waals surface area contributed by atoms with Gasteiger partial charge >= 0.3 is 0 Å². The molecule has 26 heavy (non-hydrogen) atoms. The molecule has 0 unspecified atom stereocenters. The van der Waals surface area contributed by atoms with Gasteiger partial charge in [-0.15, -0.1) is 12.4 Å². The maximum Gasteiger partial charge on any atom is 0.166 e. The van der Waals surface area contributed by atoms with E-state index in [1.54, 1.807) is 12.1 Å². The van der Waals surface area contributed by atoms with Crippen LogP contribution < -0.4 is 14.8 Å². The molecule has 0 saturated carbocycles. The molecule has 0 amide bonds. The molecule has 5 heteroatoms. The molecule has 0 heterocycles. The Morgan fingerprint density at radius 2 is 1.65 bits per heavy atom. The Morgan fingerprint density at radius 1 is 0.962 bits per heavy atom. The average Bonchev–Trinajstić information content (AvgIpc) is 2.60. The van der Waals surface area contributed by atoms with Crippen LogP contribution in [0, 0.1) is 5.82 Å². The summed E-state index contributed by atoms with van der Waals surface area (Å²) in [5, 5.41) is 3.53. The minimum Gasteiger partial charge on any atom is -0.490 e. The predicted molar refractivity (Wildman–Crippen MR) is 107 cm³/mol. The molecule has 144 valence electrons. The van der Waals surface area contributed by atoms with Crippen molar-refractivity contribution in [3.63, 3.8) is 0 Å². The second-order valence-electron chi connectivity index (χ2n) is 6.65. The van der Waals surface area contributed by atoms with Crippen molar-refractivity contribution in [2.24, 2.45) is 0 Å². The van der Waals surface area contributed by atoms with Gasteiger partial charge in [0.25, 0.3) is 0 Å². The van der Waals surface area contributed by atoms with Crippen molar-refractivity contribution < 1.29 is 13.9 Å². The maximum atomic E-state index is 13.9. The van der Waals surface area contributed by atoms with Gasteiger partial charge in [0.05, 0.1) is 6.61 Å². The van der Waals surface area contributed by atoms with Crippen molar-refractivity contribution >= 4 is 12.4 Å². The third-order valence-electron chi connectivity index (χ3n) is 4.33. The fourth-order valence-electron chi connectivity index (χ4n) is 2.36. The molecule has 3 nitrogen and oxygen atoms in total. The highest BCUT2D eigenvalue weighted by atomic mass is 35.5. The first-order chi connectivity index (χ1) is 12.0. The standard InChI is InChI=1S/C21H28FNO2.ClH/c1-5-21(3,4)23-14-16-11-9-13-19(24-6-2)20(16)25-15-17-10-7-8-12-18(17)22;/h7-13,23H,5-6,14-15H2,1-4H3;1H. The summed E-state index contributed by atoms with van der Waals surface area (Å²) in [5.74, 6) is 1.10. The van der Waals surface area contributed by atoms with E-state index in [1.807, 2.05) is 31.2 Å². The maximum absolute atomic E-state index is 13.9. The summed E-state index contributed by atoms with van der Waals surface area (Å²) < 4.78 is 25.6. The number of hydrogen-bond acceptors (Lipinski definition) is 3. The molecular formula is C21H29ClFNO2. The summed E-state index contributed by atoms with van der Waals surface area (Å²) in [5.41, 5.74) is 1.56. The van der Waals surface area contributed by atoms with Gasteiger partial charge in [0.1, 0.15) is 12.4 Å². The highest BCUT2D eigenvalue weighted by molar-refractivity contribution is 5.85. The fraction of sp³-hybridized carbons (Fsp3) is 0.429. The van der Waals surface area contributed by atoms with Gasteiger partial charge in [-0.3, -0.25) is 0 Å². The first-order valence-electron chi connectivity index (χ1n) is 8.82. The zero-order valence-corrected chi connectivity index (χ0v) is 16.8. The van der Waals surface area contributed by atoms with Gasteiger partial charge in [0.15, 0.2) is 11.5 Å². The molecule has 0 aliphatic rings. The lowest BCUT2D eigenvalue weighted by atomic mass is 10.0. The highest BCUT2D eigenvalue weighted by Gasteiger charge is 2.17. The Balaban J connectivity index is 0.00000338. The molecule has 0 bridgehead atoms. The van der Waals surface area contributed by atoms with Crippen molar-refractivity contribution in [3.8, 4) is 11.5 Å². The van der Waals surface area contributed by atoms with Crippen LogP contribution in [0.1, 0.15) is 45.2 Å². The second kappa shape index (κ2) is 10.4. The third kappa shape index (κ3) is 6.19. The van der Waals surface area contributed by atoms with E-state index in [0.29, 0.717) is 30.2 Å². The third-order valence-corrected chi connectivity index (χ3v) is 4.33. The van der Waals surface area contributed by atoms with Gasteiger partial charge in [-0.1, -0.05) is 37.3 Å².